The van der Waals surface area contributed by atoms with Crippen molar-refractivity contribution in [2.45, 2.75) is 200 Å². The summed E-state index contributed by atoms with van der Waals surface area (Å²) in [5.74, 6) is -0.905. The lowest BCUT2D eigenvalue weighted by molar-refractivity contribution is -0.696. The minimum atomic E-state index is -0.905. The van der Waals surface area contributed by atoms with Crippen LogP contribution in [-0.4, -0.2) is 10.5 Å². The molecule has 1 heterocycles. The van der Waals surface area contributed by atoms with Gasteiger partial charge in [0.2, 0.25) is 6.33 Å². The van der Waals surface area contributed by atoms with Gasteiger partial charge in [0.05, 0.1) is 13.6 Å². The smallest absolute Gasteiger partial charge is 0.243 e. The number of rotatable bonds is 29. The van der Waals surface area contributed by atoms with E-state index in [4.69, 9.17) is 0 Å². The summed E-state index contributed by atoms with van der Waals surface area (Å²) in [6.45, 7) is 5.73. The zero-order chi connectivity index (χ0) is 29.4. The lowest BCUT2D eigenvalue weighted by Crippen LogP contribution is -2.30. The molecule has 0 aliphatic rings. The number of imidazole rings is 1. The lowest BCUT2D eigenvalue weighted by Gasteiger charge is -2.03. The SMILES string of the molecule is CCCCCCCCCCCCCCCC(=O)[O-].CCCCCCCCCCCCCCCC[n+]1ccn(C)c1. The Morgan fingerprint density at radius 2 is 0.875 bits per heavy atom. The van der Waals surface area contributed by atoms with Gasteiger partial charge in [-0.1, -0.05) is 168 Å². The monoisotopic (exact) mass is 563 g/mol. The number of aryl methyl sites for hydroxylation is 2. The highest BCUT2D eigenvalue weighted by atomic mass is 16.4. The van der Waals surface area contributed by atoms with Crippen molar-refractivity contribution in [3.8, 4) is 0 Å². The number of hydrogen-bond donors (Lipinski definition) is 0. The van der Waals surface area contributed by atoms with Crippen molar-refractivity contribution in [1.82, 2.24) is 4.57 Å². The van der Waals surface area contributed by atoms with Gasteiger partial charge in [-0.05, 0) is 25.7 Å². The molecule has 0 atom stereocenters. The second-order valence-corrected chi connectivity index (χ2v) is 12.3. The number of unbranched alkanes of at least 4 members (excludes halogenated alkanes) is 25. The number of aliphatic carboxylic acids is 1. The fraction of sp³-hybridized carbons (Fsp3) is 0.889. The molecule has 1 aromatic heterocycles. The lowest BCUT2D eigenvalue weighted by atomic mass is 10.0. The number of aromatic nitrogens is 2. The van der Waals surface area contributed by atoms with Crippen LogP contribution in [0, 0.1) is 0 Å². The zero-order valence-corrected chi connectivity index (χ0v) is 27.4. The molecule has 0 aromatic carbocycles. The van der Waals surface area contributed by atoms with Crippen LogP contribution in [0.25, 0.3) is 0 Å². The minimum absolute atomic E-state index is 0.234. The summed E-state index contributed by atoms with van der Waals surface area (Å²) in [5.41, 5.74) is 0. The van der Waals surface area contributed by atoms with Crippen LogP contribution < -0.4 is 9.67 Å². The van der Waals surface area contributed by atoms with Gasteiger partial charge in [0.25, 0.3) is 0 Å². The largest absolute Gasteiger partial charge is 0.550 e. The van der Waals surface area contributed by atoms with E-state index < -0.39 is 5.97 Å². The second-order valence-electron chi connectivity index (χ2n) is 12.3. The average molecular weight is 563 g/mol. The number of nitrogens with zero attached hydrogens (tertiary/aromatic N) is 2. The first-order valence-corrected chi connectivity index (χ1v) is 17.8. The molecule has 0 saturated carbocycles. The van der Waals surface area contributed by atoms with E-state index in [0.717, 1.165) is 12.8 Å². The van der Waals surface area contributed by atoms with Gasteiger partial charge in [0.1, 0.15) is 12.4 Å². The maximum atomic E-state index is 10.2. The molecule has 0 fully saturated rings. The molecular weight excluding hydrogens is 492 g/mol. The van der Waals surface area contributed by atoms with E-state index in [1.54, 1.807) is 0 Å². The van der Waals surface area contributed by atoms with Crippen LogP contribution >= 0.6 is 0 Å². The third-order valence-electron chi connectivity index (χ3n) is 8.08. The maximum absolute atomic E-state index is 10.2. The predicted molar refractivity (Wildman–Crippen MR) is 171 cm³/mol. The molecule has 1 aromatic rings. The number of carbonyl (C=O) groups excluding carboxylic acids is 1. The van der Waals surface area contributed by atoms with Crippen LogP contribution in [0.4, 0.5) is 0 Å². The van der Waals surface area contributed by atoms with Gasteiger partial charge < -0.3 is 9.90 Å². The quantitative estimate of drug-likeness (QED) is 0.0720. The van der Waals surface area contributed by atoms with Crippen LogP contribution in [0.15, 0.2) is 18.7 Å². The molecule has 4 heteroatoms. The van der Waals surface area contributed by atoms with Crippen LogP contribution in [-0.2, 0) is 18.4 Å². The van der Waals surface area contributed by atoms with Gasteiger partial charge in [0, 0.05) is 5.97 Å². The summed E-state index contributed by atoms with van der Waals surface area (Å²) in [6, 6.07) is 0. The molecule has 0 bridgehead atoms. The first-order valence-electron chi connectivity index (χ1n) is 17.8. The summed E-state index contributed by atoms with van der Waals surface area (Å²) in [4.78, 5) is 10.2. The molecule has 0 aliphatic heterocycles. The summed E-state index contributed by atoms with van der Waals surface area (Å²) in [5, 5.41) is 10.2. The Bertz CT molecular complexity index is 628. The molecule has 236 valence electrons. The zero-order valence-electron chi connectivity index (χ0n) is 27.4. The summed E-state index contributed by atoms with van der Waals surface area (Å²) in [7, 11) is 2.09. The standard InChI is InChI=1S/C20H39N2.C16H32O2/c1-3-4-5-6-7-8-9-10-11-12-13-14-15-16-17-22-19-18-21(2)20-22;1-2-3-4-5-6-7-8-9-10-11-12-13-14-15-16(17)18/h18-20H,3-17H2,1-2H3;2-15H2,1H3,(H,17,18)/q+1;/p-1. The van der Waals surface area contributed by atoms with E-state index in [1.807, 2.05) is 0 Å². The van der Waals surface area contributed by atoms with Crippen LogP contribution in [0.3, 0.4) is 0 Å². The van der Waals surface area contributed by atoms with E-state index in [0.29, 0.717) is 0 Å². The average Bonchev–Trinajstić information content (AvgIpc) is 3.36. The summed E-state index contributed by atoms with van der Waals surface area (Å²) < 4.78 is 4.41. The van der Waals surface area contributed by atoms with E-state index in [2.05, 4.69) is 48.8 Å². The number of hydrogen-bond acceptors (Lipinski definition) is 2. The molecule has 0 saturated heterocycles. The van der Waals surface area contributed by atoms with Crippen molar-refractivity contribution in [3.63, 3.8) is 0 Å². The van der Waals surface area contributed by atoms with Crippen molar-refractivity contribution >= 4 is 5.97 Å². The first kappa shape index (κ1) is 38.7. The summed E-state index contributed by atoms with van der Waals surface area (Å²) >= 11 is 0. The Morgan fingerprint density at radius 3 is 1.18 bits per heavy atom. The van der Waals surface area contributed by atoms with Crippen molar-refractivity contribution in [2.75, 3.05) is 0 Å². The third-order valence-corrected chi connectivity index (χ3v) is 8.08. The topological polar surface area (TPSA) is 48.9 Å². The van der Waals surface area contributed by atoms with Gasteiger partial charge in [-0.25, -0.2) is 9.13 Å². The van der Waals surface area contributed by atoms with Crippen molar-refractivity contribution in [1.29, 1.82) is 0 Å². The molecule has 0 unspecified atom stereocenters. The Kier molecular flexibility index (Phi) is 31.1. The molecule has 0 N–H and O–H groups in total. The predicted octanol–water partition coefficient (Wildman–Crippen LogP) is 10.0. The second kappa shape index (κ2) is 32.2. The van der Waals surface area contributed by atoms with Crippen molar-refractivity contribution in [3.05, 3.63) is 18.7 Å². The van der Waals surface area contributed by atoms with Gasteiger partial charge in [-0.2, -0.15) is 0 Å². The number of carboxylic acid groups (broad SMARTS) is 1. The van der Waals surface area contributed by atoms with E-state index in [1.165, 1.54) is 167 Å². The van der Waals surface area contributed by atoms with Crippen molar-refractivity contribution in [2.24, 2.45) is 7.05 Å². The molecule has 0 spiro atoms. The normalized spacial score (nSPS) is 11.0. The van der Waals surface area contributed by atoms with Crippen LogP contribution in [0.1, 0.15) is 194 Å². The number of carboxylic acids is 1. The highest BCUT2D eigenvalue weighted by Gasteiger charge is 1.99. The Balaban J connectivity index is 0.000000778. The minimum Gasteiger partial charge on any atom is -0.550 e. The van der Waals surface area contributed by atoms with E-state index in [-0.39, 0.29) is 6.42 Å². The highest BCUT2D eigenvalue weighted by Crippen LogP contribution is 2.14. The highest BCUT2D eigenvalue weighted by molar-refractivity contribution is 5.64. The third kappa shape index (κ3) is 31.2. The molecule has 0 amide bonds. The Labute approximate surface area is 250 Å². The summed E-state index contributed by atoms with van der Waals surface area (Å²) in [6.07, 6.45) is 43.5. The fourth-order valence-electron chi connectivity index (χ4n) is 5.41. The molecule has 4 nitrogen and oxygen atoms in total. The molecule has 0 aliphatic carbocycles. The number of carbonyl (C=O) groups is 1. The Hall–Kier alpha value is -1.32. The molecule has 0 radical (unpaired) electrons. The van der Waals surface area contributed by atoms with Gasteiger partial charge >= 0.3 is 0 Å². The van der Waals surface area contributed by atoms with E-state index >= 15 is 0 Å². The van der Waals surface area contributed by atoms with E-state index in [9.17, 15) is 9.90 Å². The van der Waals surface area contributed by atoms with Gasteiger partial charge in [-0.3, -0.25) is 0 Å². The fourth-order valence-corrected chi connectivity index (χ4v) is 5.41. The Morgan fingerprint density at radius 1 is 0.550 bits per heavy atom. The first-order chi connectivity index (χ1) is 19.6. The molecule has 40 heavy (non-hydrogen) atoms. The van der Waals surface area contributed by atoms with Gasteiger partial charge in [0.15, 0.2) is 0 Å². The van der Waals surface area contributed by atoms with Crippen molar-refractivity contribution < 1.29 is 14.5 Å². The molecule has 1 rings (SSSR count). The molecular formula is C36H70N2O2. The maximum Gasteiger partial charge on any atom is 0.243 e. The van der Waals surface area contributed by atoms with Crippen LogP contribution in [0.5, 0.6) is 0 Å². The van der Waals surface area contributed by atoms with Crippen LogP contribution in [0.2, 0.25) is 0 Å². The van der Waals surface area contributed by atoms with Gasteiger partial charge in [-0.15, -0.1) is 0 Å².